The average molecular weight is 435 g/mol. The van der Waals surface area contributed by atoms with Crippen molar-refractivity contribution in [2.45, 2.75) is 44.7 Å². The number of halogens is 1. The fourth-order valence-electron chi connectivity index (χ4n) is 4.79. The van der Waals surface area contributed by atoms with Crippen LogP contribution in [0.1, 0.15) is 38.7 Å². The van der Waals surface area contributed by atoms with E-state index in [4.69, 9.17) is 9.98 Å². The standard InChI is InChI=1S/C25H31FN6/c1-24(2,3)29-23-27-14-18-13-25(18,30-23)22-21(17-6-8-19(26)9-7-17)28-20-12-16(15-31(4)5)10-11-32(20)22/h6-11,14,16,18H,12-13,15H2,1-5H3,(H,29,30). The zero-order valence-electron chi connectivity index (χ0n) is 19.4. The molecule has 2 aromatic rings. The van der Waals surface area contributed by atoms with Crippen LogP contribution >= 0.6 is 0 Å². The Kier molecular flexibility index (Phi) is 4.85. The maximum atomic E-state index is 13.7. The Morgan fingerprint density at radius 3 is 2.66 bits per heavy atom. The Hall–Kier alpha value is -2.80. The van der Waals surface area contributed by atoms with Crippen LogP contribution in [-0.4, -0.2) is 52.8 Å². The molecule has 3 aliphatic rings. The monoisotopic (exact) mass is 434 g/mol. The molecule has 1 fully saturated rings. The van der Waals surface area contributed by atoms with Crippen LogP contribution < -0.4 is 5.32 Å². The SMILES string of the molecule is CN(C)CC1C=Cn2c(nc(-c3ccc(F)cc3)c2C23CC2C=NC(NC(C)(C)C)=N3)C1. The lowest BCUT2D eigenvalue weighted by molar-refractivity contribution is 0.352. The van der Waals surface area contributed by atoms with Crippen LogP contribution in [0.5, 0.6) is 0 Å². The number of nitrogens with zero attached hydrogens (tertiary/aromatic N) is 5. The van der Waals surface area contributed by atoms with Gasteiger partial charge in [0.2, 0.25) is 5.96 Å². The normalized spacial score (nSPS) is 26.0. The first kappa shape index (κ1) is 21.1. The second kappa shape index (κ2) is 7.37. The van der Waals surface area contributed by atoms with Crippen molar-refractivity contribution in [1.29, 1.82) is 0 Å². The third-order valence-corrected chi connectivity index (χ3v) is 6.22. The van der Waals surface area contributed by atoms with Gasteiger partial charge in [0.15, 0.2) is 0 Å². The summed E-state index contributed by atoms with van der Waals surface area (Å²) in [6.45, 7) is 7.29. The van der Waals surface area contributed by atoms with Crippen LogP contribution in [0.2, 0.25) is 0 Å². The fraction of sp³-hybridized carbons (Fsp3) is 0.480. The van der Waals surface area contributed by atoms with Gasteiger partial charge in [-0.15, -0.1) is 0 Å². The summed E-state index contributed by atoms with van der Waals surface area (Å²) < 4.78 is 15.9. The minimum Gasteiger partial charge on any atom is -0.350 e. The predicted molar refractivity (Wildman–Crippen MR) is 127 cm³/mol. The highest BCUT2D eigenvalue weighted by atomic mass is 19.1. The summed E-state index contributed by atoms with van der Waals surface area (Å²) in [6, 6.07) is 6.64. The van der Waals surface area contributed by atoms with Crippen LogP contribution in [0.3, 0.4) is 0 Å². The number of guanidine groups is 1. The first-order valence-corrected chi connectivity index (χ1v) is 11.3. The molecule has 0 bridgehead atoms. The Labute approximate surface area is 189 Å². The van der Waals surface area contributed by atoms with Crippen LogP contribution in [0.15, 0.2) is 40.3 Å². The first-order valence-electron chi connectivity index (χ1n) is 11.3. The molecule has 0 amide bonds. The molecule has 1 aromatic carbocycles. The van der Waals surface area contributed by atoms with Crippen molar-refractivity contribution in [3.05, 3.63) is 47.7 Å². The molecular weight excluding hydrogens is 403 g/mol. The van der Waals surface area contributed by atoms with E-state index in [9.17, 15) is 4.39 Å². The molecule has 3 unspecified atom stereocenters. The minimum atomic E-state index is -0.386. The molecular formula is C25H31FN6. The summed E-state index contributed by atoms with van der Waals surface area (Å²) in [5.74, 6) is 2.12. The molecule has 6 nitrogen and oxygen atoms in total. The highest BCUT2D eigenvalue weighted by Crippen LogP contribution is 2.58. The van der Waals surface area contributed by atoms with E-state index in [-0.39, 0.29) is 22.8 Å². The summed E-state index contributed by atoms with van der Waals surface area (Å²) in [6.07, 6.45) is 8.23. The van der Waals surface area contributed by atoms with Gasteiger partial charge in [-0.2, -0.15) is 0 Å². The van der Waals surface area contributed by atoms with E-state index in [0.29, 0.717) is 11.9 Å². The van der Waals surface area contributed by atoms with Crippen LogP contribution in [0.4, 0.5) is 4.39 Å². The minimum absolute atomic E-state index is 0.130. The number of hydrogen-bond acceptors (Lipinski definition) is 5. The molecule has 3 heterocycles. The molecule has 7 heteroatoms. The van der Waals surface area contributed by atoms with Crippen molar-refractivity contribution in [1.82, 2.24) is 19.8 Å². The van der Waals surface area contributed by atoms with Crippen LogP contribution in [0.25, 0.3) is 17.5 Å². The number of rotatable bonds is 4. The summed E-state index contributed by atoms with van der Waals surface area (Å²) in [5, 5.41) is 3.43. The molecule has 0 spiro atoms. The molecule has 1 aliphatic carbocycles. The fourth-order valence-corrected chi connectivity index (χ4v) is 4.79. The molecule has 5 rings (SSSR count). The number of benzene rings is 1. The van der Waals surface area contributed by atoms with Gasteiger partial charge in [0.05, 0.1) is 11.4 Å². The van der Waals surface area contributed by atoms with Crippen molar-refractivity contribution in [2.75, 3.05) is 20.6 Å². The second-order valence-electron chi connectivity index (χ2n) is 10.5. The molecule has 168 valence electrons. The van der Waals surface area contributed by atoms with E-state index in [1.54, 1.807) is 0 Å². The zero-order chi connectivity index (χ0) is 22.7. The molecule has 1 N–H and O–H groups in total. The van der Waals surface area contributed by atoms with E-state index in [0.717, 1.165) is 42.2 Å². The van der Waals surface area contributed by atoms with Crippen molar-refractivity contribution in [2.24, 2.45) is 21.8 Å². The molecule has 32 heavy (non-hydrogen) atoms. The van der Waals surface area contributed by atoms with Gasteiger partial charge in [0.1, 0.15) is 17.2 Å². The van der Waals surface area contributed by atoms with E-state index in [2.05, 4.69) is 66.9 Å². The van der Waals surface area contributed by atoms with E-state index < -0.39 is 0 Å². The van der Waals surface area contributed by atoms with Crippen molar-refractivity contribution in [3.63, 3.8) is 0 Å². The third kappa shape index (κ3) is 3.79. The molecule has 1 aromatic heterocycles. The van der Waals surface area contributed by atoms with Gasteiger partial charge in [0.25, 0.3) is 0 Å². The van der Waals surface area contributed by atoms with Gasteiger partial charge in [-0.3, -0.25) is 0 Å². The topological polar surface area (TPSA) is 57.8 Å². The number of aromatic nitrogens is 2. The maximum Gasteiger partial charge on any atom is 0.219 e. The highest BCUT2D eigenvalue weighted by Gasteiger charge is 2.60. The third-order valence-electron chi connectivity index (χ3n) is 6.22. The molecule has 1 saturated carbocycles. The van der Waals surface area contributed by atoms with Gasteiger partial charge < -0.3 is 14.8 Å². The van der Waals surface area contributed by atoms with Gasteiger partial charge in [-0.05, 0) is 71.5 Å². The average Bonchev–Trinajstić information content (AvgIpc) is 3.30. The second-order valence-corrected chi connectivity index (χ2v) is 10.5. The highest BCUT2D eigenvalue weighted by molar-refractivity contribution is 5.94. The van der Waals surface area contributed by atoms with Crippen molar-refractivity contribution in [3.8, 4) is 11.3 Å². The Morgan fingerprint density at radius 1 is 1.22 bits per heavy atom. The van der Waals surface area contributed by atoms with Crippen molar-refractivity contribution >= 4 is 18.4 Å². The van der Waals surface area contributed by atoms with Gasteiger partial charge in [-0.25, -0.2) is 19.4 Å². The van der Waals surface area contributed by atoms with E-state index in [1.165, 1.54) is 12.1 Å². The summed E-state index contributed by atoms with van der Waals surface area (Å²) >= 11 is 0. The number of imidazole rings is 1. The first-order chi connectivity index (χ1) is 15.1. The molecule has 0 radical (unpaired) electrons. The molecule has 3 atom stereocenters. The van der Waals surface area contributed by atoms with Gasteiger partial charge in [0, 0.05) is 42.4 Å². The Balaban J connectivity index is 1.61. The number of aliphatic imine (C=N–C) groups is 2. The van der Waals surface area contributed by atoms with Crippen molar-refractivity contribution < 1.29 is 4.39 Å². The number of fused-ring (bicyclic) bond motifs is 2. The lowest BCUT2D eigenvalue weighted by atomic mass is 10.0. The Morgan fingerprint density at radius 2 is 1.97 bits per heavy atom. The zero-order valence-corrected chi connectivity index (χ0v) is 19.4. The predicted octanol–water partition coefficient (Wildman–Crippen LogP) is 3.94. The quantitative estimate of drug-likeness (QED) is 0.793. The maximum absolute atomic E-state index is 13.7. The Bertz CT molecular complexity index is 1120. The molecule has 2 aliphatic heterocycles. The summed E-state index contributed by atoms with van der Waals surface area (Å²) in [7, 11) is 4.19. The number of nitrogens with one attached hydrogen (secondary N) is 1. The summed E-state index contributed by atoms with van der Waals surface area (Å²) in [4.78, 5) is 17.0. The lowest BCUT2D eigenvalue weighted by Gasteiger charge is -2.26. The van der Waals surface area contributed by atoms with E-state index in [1.807, 2.05) is 18.3 Å². The number of hydrogen-bond donors (Lipinski definition) is 1. The van der Waals surface area contributed by atoms with Gasteiger partial charge >= 0.3 is 0 Å². The molecule has 0 saturated heterocycles. The van der Waals surface area contributed by atoms with E-state index >= 15 is 0 Å². The largest absolute Gasteiger partial charge is 0.350 e. The summed E-state index contributed by atoms with van der Waals surface area (Å²) in [5.41, 5.74) is 2.39. The van der Waals surface area contributed by atoms with Crippen LogP contribution in [-0.2, 0) is 12.0 Å². The lowest BCUT2D eigenvalue weighted by Crippen LogP contribution is -2.41. The smallest absolute Gasteiger partial charge is 0.219 e. The van der Waals surface area contributed by atoms with Crippen LogP contribution in [0, 0.1) is 17.7 Å². The van der Waals surface area contributed by atoms with Gasteiger partial charge in [-0.1, -0.05) is 6.08 Å².